The van der Waals surface area contributed by atoms with Crippen LogP contribution in [0.3, 0.4) is 0 Å². The number of aryl methyl sites for hydroxylation is 1. The first-order valence-corrected chi connectivity index (χ1v) is 4.84. The second-order valence-corrected chi connectivity index (χ2v) is 3.73. The molecular formula is C10H10BrNO. The van der Waals surface area contributed by atoms with E-state index in [-0.39, 0.29) is 0 Å². The Kier molecular flexibility index (Phi) is 3.94. The lowest BCUT2D eigenvalue weighted by Crippen LogP contribution is -2.03. The number of benzene rings is 1. The van der Waals surface area contributed by atoms with Crippen molar-refractivity contribution >= 4 is 15.9 Å². The molecule has 0 fully saturated rings. The molecule has 1 N–H and O–H groups in total. The number of rotatable bonds is 3. The number of hydrogen-bond donors (Lipinski definition) is 1. The molecule has 1 atom stereocenters. The molecule has 0 aliphatic heterocycles. The SMILES string of the molecule is N#C[C@H](O)CCc1ccc(Br)cc1. The highest BCUT2D eigenvalue weighted by Crippen LogP contribution is 2.12. The van der Waals surface area contributed by atoms with Crippen LogP contribution in [0.1, 0.15) is 12.0 Å². The summed E-state index contributed by atoms with van der Waals surface area (Å²) in [6.07, 6.45) is 0.392. The van der Waals surface area contributed by atoms with Crippen molar-refractivity contribution < 1.29 is 5.11 Å². The van der Waals surface area contributed by atoms with Gasteiger partial charge in [-0.3, -0.25) is 0 Å². The molecule has 0 aromatic heterocycles. The van der Waals surface area contributed by atoms with Crippen molar-refractivity contribution in [3.05, 3.63) is 34.3 Å². The molecule has 0 heterocycles. The van der Waals surface area contributed by atoms with Crippen molar-refractivity contribution in [2.45, 2.75) is 18.9 Å². The summed E-state index contributed by atoms with van der Waals surface area (Å²) in [5.74, 6) is 0. The van der Waals surface area contributed by atoms with Gasteiger partial charge in [0.15, 0.2) is 0 Å². The van der Waals surface area contributed by atoms with Crippen LogP contribution < -0.4 is 0 Å². The van der Waals surface area contributed by atoms with Gasteiger partial charge in [0.05, 0.1) is 6.07 Å². The third-order valence-corrected chi connectivity index (χ3v) is 2.30. The first kappa shape index (κ1) is 10.2. The van der Waals surface area contributed by atoms with Crippen molar-refractivity contribution in [1.82, 2.24) is 0 Å². The van der Waals surface area contributed by atoms with E-state index in [1.807, 2.05) is 24.3 Å². The molecule has 0 radical (unpaired) electrons. The number of halogens is 1. The molecule has 0 aliphatic carbocycles. The van der Waals surface area contributed by atoms with Crippen LogP contribution in [0.5, 0.6) is 0 Å². The number of nitriles is 1. The Bertz CT molecular complexity index is 302. The molecule has 1 rings (SSSR count). The maximum atomic E-state index is 9.00. The molecular weight excluding hydrogens is 230 g/mol. The lowest BCUT2D eigenvalue weighted by atomic mass is 10.1. The van der Waals surface area contributed by atoms with Gasteiger partial charge in [0, 0.05) is 4.47 Å². The van der Waals surface area contributed by atoms with Gasteiger partial charge in [-0.25, -0.2) is 0 Å². The molecule has 0 spiro atoms. The topological polar surface area (TPSA) is 44.0 Å². The van der Waals surface area contributed by atoms with Crippen LogP contribution in [0.2, 0.25) is 0 Å². The average molecular weight is 240 g/mol. The number of hydrogen-bond acceptors (Lipinski definition) is 2. The molecule has 2 nitrogen and oxygen atoms in total. The largest absolute Gasteiger partial charge is 0.378 e. The van der Waals surface area contributed by atoms with E-state index in [1.165, 1.54) is 0 Å². The van der Waals surface area contributed by atoms with Crippen LogP contribution in [0.15, 0.2) is 28.7 Å². The van der Waals surface area contributed by atoms with Gasteiger partial charge in [-0.05, 0) is 30.5 Å². The van der Waals surface area contributed by atoms with Crippen LogP contribution in [0, 0.1) is 11.3 Å². The van der Waals surface area contributed by atoms with Crippen LogP contribution in [-0.2, 0) is 6.42 Å². The predicted octanol–water partition coefficient (Wildman–Crippen LogP) is 2.27. The van der Waals surface area contributed by atoms with Crippen LogP contribution >= 0.6 is 15.9 Å². The van der Waals surface area contributed by atoms with Gasteiger partial charge < -0.3 is 5.11 Å². The normalized spacial score (nSPS) is 12.1. The number of aliphatic hydroxyl groups is 1. The second-order valence-electron chi connectivity index (χ2n) is 2.81. The molecule has 0 amide bonds. The zero-order valence-corrected chi connectivity index (χ0v) is 8.66. The summed E-state index contributed by atoms with van der Waals surface area (Å²) in [4.78, 5) is 0. The highest BCUT2D eigenvalue weighted by molar-refractivity contribution is 9.10. The Hall–Kier alpha value is -0.850. The lowest BCUT2D eigenvalue weighted by Gasteiger charge is -2.01. The quantitative estimate of drug-likeness (QED) is 0.823. The minimum absolute atomic E-state index is 0.498. The van der Waals surface area contributed by atoms with Gasteiger partial charge in [-0.1, -0.05) is 28.1 Å². The Morgan fingerprint density at radius 3 is 2.54 bits per heavy atom. The van der Waals surface area contributed by atoms with Gasteiger partial charge >= 0.3 is 0 Å². The van der Waals surface area contributed by atoms with Crippen molar-refractivity contribution in [2.75, 3.05) is 0 Å². The Morgan fingerprint density at radius 1 is 1.38 bits per heavy atom. The highest BCUT2D eigenvalue weighted by Gasteiger charge is 2.01. The van der Waals surface area contributed by atoms with E-state index in [4.69, 9.17) is 10.4 Å². The minimum Gasteiger partial charge on any atom is -0.378 e. The Balaban J connectivity index is 2.47. The van der Waals surface area contributed by atoms with Crippen molar-refractivity contribution in [3.8, 4) is 6.07 Å². The molecule has 1 aromatic rings. The van der Waals surface area contributed by atoms with Gasteiger partial charge in [-0.15, -0.1) is 0 Å². The van der Waals surface area contributed by atoms with E-state index in [0.29, 0.717) is 6.42 Å². The van der Waals surface area contributed by atoms with E-state index < -0.39 is 6.10 Å². The van der Waals surface area contributed by atoms with Gasteiger partial charge in [-0.2, -0.15) is 5.26 Å². The zero-order chi connectivity index (χ0) is 9.68. The summed E-state index contributed by atoms with van der Waals surface area (Å²) in [5, 5.41) is 17.4. The van der Waals surface area contributed by atoms with E-state index in [9.17, 15) is 0 Å². The standard InChI is InChI=1S/C10H10BrNO/c11-9-4-1-8(2-5-9)3-6-10(13)7-12/h1-2,4-5,10,13H,3,6H2/t10-/m1/s1. The summed E-state index contributed by atoms with van der Waals surface area (Å²) >= 11 is 3.34. The number of aliphatic hydroxyl groups excluding tert-OH is 1. The smallest absolute Gasteiger partial charge is 0.140 e. The maximum absolute atomic E-state index is 9.00. The minimum atomic E-state index is -0.844. The molecule has 13 heavy (non-hydrogen) atoms. The molecule has 68 valence electrons. The zero-order valence-electron chi connectivity index (χ0n) is 7.07. The van der Waals surface area contributed by atoms with Crippen LogP contribution in [0.25, 0.3) is 0 Å². The fourth-order valence-electron chi connectivity index (χ4n) is 1.02. The fourth-order valence-corrected chi connectivity index (χ4v) is 1.28. The van der Waals surface area contributed by atoms with Crippen molar-refractivity contribution in [1.29, 1.82) is 5.26 Å². The second kappa shape index (κ2) is 5.00. The Labute approximate surface area is 85.9 Å². The molecule has 0 bridgehead atoms. The maximum Gasteiger partial charge on any atom is 0.140 e. The van der Waals surface area contributed by atoms with E-state index in [1.54, 1.807) is 6.07 Å². The monoisotopic (exact) mass is 239 g/mol. The fraction of sp³-hybridized carbons (Fsp3) is 0.300. The summed E-state index contributed by atoms with van der Waals surface area (Å²) in [6, 6.07) is 9.66. The summed E-state index contributed by atoms with van der Waals surface area (Å²) < 4.78 is 1.04. The third-order valence-electron chi connectivity index (χ3n) is 1.77. The molecule has 0 aliphatic rings. The summed E-state index contributed by atoms with van der Waals surface area (Å²) in [6.45, 7) is 0. The van der Waals surface area contributed by atoms with Crippen molar-refractivity contribution in [2.24, 2.45) is 0 Å². The predicted molar refractivity (Wildman–Crippen MR) is 54.1 cm³/mol. The summed E-state index contributed by atoms with van der Waals surface area (Å²) in [5.41, 5.74) is 1.14. The van der Waals surface area contributed by atoms with Gasteiger partial charge in [0.2, 0.25) is 0 Å². The molecule has 0 saturated carbocycles. The van der Waals surface area contributed by atoms with Gasteiger partial charge in [0.25, 0.3) is 0 Å². The first-order valence-electron chi connectivity index (χ1n) is 4.04. The molecule has 1 aromatic carbocycles. The van der Waals surface area contributed by atoms with Gasteiger partial charge in [0.1, 0.15) is 6.10 Å². The van der Waals surface area contributed by atoms with E-state index in [2.05, 4.69) is 15.9 Å². The number of nitrogens with zero attached hydrogens (tertiary/aromatic N) is 1. The van der Waals surface area contributed by atoms with Crippen molar-refractivity contribution in [3.63, 3.8) is 0 Å². The molecule has 0 unspecified atom stereocenters. The Morgan fingerprint density at radius 2 is 2.00 bits per heavy atom. The summed E-state index contributed by atoms with van der Waals surface area (Å²) in [7, 11) is 0. The average Bonchev–Trinajstić information content (AvgIpc) is 2.16. The van der Waals surface area contributed by atoms with Crippen LogP contribution in [0.4, 0.5) is 0 Å². The lowest BCUT2D eigenvalue weighted by molar-refractivity contribution is 0.220. The van der Waals surface area contributed by atoms with E-state index in [0.717, 1.165) is 16.5 Å². The third kappa shape index (κ3) is 3.58. The molecule has 0 saturated heterocycles. The highest BCUT2D eigenvalue weighted by atomic mass is 79.9. The van der Waals surface area contributed by atoms with E-state index >= 15 is 0 Å². The molecule has 3 heteroatoms. The van der Waals surface area contributed by atoms with Crippen LogP contribution in [-0.4, -0.2) is 11.2 Å². The first-order chi connectivity index (χ1) is 6.22.